The molecule has 0 aliphatic rings. The predicted octanol–water partition coefficient (Wildman–Crippen LogP) is 5.05. The SMILES string of the molecule is Cc1cc(Cl)ccc1NC(=O)c1ccnc(Nc2cccc(C)c2C)n1. The van der Waals surface area contributed by atoms with E-state index in [0.29, 0.717) is 16.7 Å². The Hall–Kier alpha value is -2.92. The highest BCUT2D eigenvalue weighted by Gasteiger charge is 2.11. The van der Waals surface area contributed by atoms with Crippen molar-refractivity contribution in [2.45, 2.75) is 20.8 Å². The van der Waals surface area contributed by atoms with Gasteiger partial charge in [-0.2, -0.15) is 0 Å². The van der Waals surface area contributed by atoms with E-state index in [2.05, 4.69) is 20.6 Å². The van der Waals surface area contributed by atoms with E-state index in [1.54, 1.807) is 30.5 Å². The highest BCUT2D eigenvalue weighted by Crippen LogP contribution is 2.22. The molecule has 1 heterocycles. The van der Waals surface area contributed by atoms with Gasteiger partial charge in [0.1, 0.15) is 5.69 Å². The summed E-state index contributed by atoms with van der Waals surface area (Å²) in [5.74, 6) is 0.0704. The second-order valence-electron chi connectivity index (χ2n) is 6.05. The van der Waals surface area contributed by atoms with Crippen molar-refractivity contribution in [2.24, 2.45) is 0 Å². The van der Waals surface area contributed by atoms with Crippen LogP contribution in [0.5, 0.6) is 0 Å². The zero-order chi connectivity index (χ0) is 18.7. The predicted molar refractivity (Wildman–Crippen MR) is 105 cm³/mol. The lowest BCUT2D eigenvalue weighted by molar-refractivity contribution is 0.102. The van der Waals surface area contributed by atoms with Gasteiger partial charge in [-0.15, -0.1) is 0 Å². The molecule has 0 bridgehead atoms. The van der Waals surface area contributed by atoms with Gasteiger partial charge in [0.05, 0.1) is 0 Å². The molecule has 0 aliphatic heterocycles. The van der Waals surface area contributed by atoms with Gasteiger partial charge in [-0.25, -0.2) is 9.97 Å². The number of anilines is 3. The number of amides is 1. The van der Waals surface area contributed by atoms with Crippen molar-refractivity contribution in [3.63, 3.8) is 0 Å². The number of rotatable bonds is 4. The molecule has 26 heavy (non-hydrogen) atoms. The van der Waals surface area contributed by atoms with E-state index in [1.807, 2.05) is 39.0 Å². The summed E-state index contributed by atoms with van der Waals surface area (Å²) in [7, 11) is 0. The van der Waals surface area contributed by atoms with Gasteiger partial charge in [0.15, 0.2) is 0 Å². The summed E-state index contributed by atoms with van der Waals surface area (Å²) in [6.07, 6.45) is 1.56. The molecule has 1 amide bonds. The molecule has 0 spiro atoms. The zero-order valence-corrected chi connectivity index (χ0v) is 15.6. The van der Waals surface area contributed by atoms with Gasteiger partial charge in [0.25, 0.3) is 5.91 Å². The van der Waals surface area contributed by atoms with Crippen LogP contribution in [0.2, 0.25) is 5.02 Å². The number of benzene rings is 2. The molecule has 0 unspecified atom stereocenters. The van der Waals surface area contributed by atoms with Crippen LogP contribution in [0.4, 0.5) is 17.3 Å². The zero-order valence-electron chi connectivity index (χ0n) is 14.8. The largest absolute Gasteiger partial charge is 0.324 e. The highest BCUT2D eigenvalue weighted by atomic mass is 35.5. The molecule has 0 radical (unpaired) electrons. The van der Waals surface area contributed by atoms with Crippen LogP contribution in [-0.2, 0) is 0 Å². The fourth-order valence-electron chi connectivity index (χ4n) is 2.51. The fourth-order valence-corrected chi connectivity index (χ4v) is 2.73. The Morgan fingerprint density at radius 1 is 1.00 bits per heavy atom. The summed E-state index contributed by atoms with van der Waals surface area (Å²) < 4.78 is 0. The number of aryl methyl sites for hydroxylation is 2. The third kappa shape index (κ3) is 4.00. The third-order valence-corrected chi connectivity index (χ3v) is 4.41. The van der Waals surface area contributed by atoms with E-state index >= 15 is 0 Å². The Labute approximate surface area is 157 Å². The molecule has 5 nitrogen and oxygen atoms in total. The number of halogens is 1. The Morgan fingerprint density at radius 3 is 2.58 bits per heavy atom. The maximum Gasteiger partial charge on any atom is 0.274 e. The molecule has 0 fully saturated rings. The van der Waals surface area contributed by atoms with Crippen LogP contribution in [0.15, 0.2) is 48.7 Å². The van der Waals surface area contributed by atoms with Crippen molar-refractivity contribution < 1.29 is 4.79 Å². The van der Waals surface area contributed by atoms with Gasteiger partial charge < -0.3 is 10.6 Å². The number of carbonyl (C=O) groups is 1. The van der Waals surface area contributed by atoms with Crippen molar-refractivity contribution in [2.75, 3.05) is 10.6 Å². The van der Waals surface area contributed by atoms with E-state index in [4.69, 9.17) is 11.6 Å². The van der Waals surface area contributed by atoms with Gasteiger partial charge in [0.2, 0.25) is 5.95 Å². The van der Waals surface area contributed by atoms with Crippen LogP contribution in [-0.4, -0.2) is 15.9 Å². The average Bonchev–Trinajstić information content (AvgIpc) is 2.61. The molecule has 1 aromatic heterocycles. The molecule has 132 valence electrons. The summed E-state index contributed by atoms with van der Waals surface area (Å²) >= 11 is 5.95. The lowest BCUT2D eigenvalue weighted by Gasteiger charge is -2.11. The first-order chi connectivity index (χ1) is 12.4. The van der Waals surface area contributed by atoms with Crippen molar-refractivity contribution >= 4 is 34.8 Å². The molecule has 2 N–H and O–H groups in total. The Morgan fingerprint density at radius 2 is 1.81 bits per heavy atom. The van der Waals surface area contributed by atoms with Crippen molar-refractivity contribution in [1.29, 1.82) is 0 Å². The summed E-state index contributed by atoms with van der Waals surface area (Å²) in [6.45, 7) is 5.95. The lowest BCUT2D eigenvalue weighted by Crippen LogP contribution is -2.15. The average molecular weight is 367 g/mol. The minimum atomic E-state index is -0.304. The second-order valence-corrected chi connectivity index (χ2v) is 6.49. The first kappa shape index (κ1) is 17.9. The Balaban J connectivity index is 1.80. The van der Waals surface area contributed by atoms with E-state index < -0.39 is 0 Å². The molecule has 3 aromatic rings. The molecule has 0 aliphatic carbocycles. The van der Waals surface area contributed by atoms with Gasteiger partial charge >= 0.3 is 0 Å². The summed E-state index contributed by atoms with van der Waals surface area (Å²) in [5.41, 5.74) is 5.05. The maximum absolute atomic E-state index is 12.5. The first-order valence-electron chi connectivity index (χ1n) is 8.18. The van der Waals surface area contributed by atoms with Crippen LogP contribution in [0.1, 0.15) is 27.2 Å². The maximum atomic E-state index is 12.5. The molecule has 2 aromatic carbocycles. The minimum absolute atomic E-state index is 0.280. The summed E-state index contributed by atoms with van der Waals surface area (Å²) in [4.78, 5) is 21.0. The molecule has 0 saturated carbocycles. The molecule has 3 rings (SSSR count). The Kier molecular flexibility index (Phi) is 5.19. The summed E-state index contributed by atoms with van der Waals surface area (Å²) in [5, 5.41) is 6.65. The van der Waals surface area contributed by atoms with E-state index in [0.717, 1.165) is 16.8 Å². The van der Waals surface area contributed by atoms with Gasteiger partial charge in [-0.1, -0.05) is 23.7 Å². The standard InChI is InChI=1S/C20H19ClN4O/c1-12-5-4-6-17(14(12)3)24-20-22-10-9-18(25-20)19(26)23-16-8-7-15(21)11-13(16)2/h4-11H,1-3H3,(H,23,26)(H,22,24,25). The molecular weight excluding hydrogens is 348 g/mol. The highest BCUT2D eigenvalue weighted by molar-refractivity contribution is 6.30. The number of aromatic nitrogens is 2. The molecule has 6 heteroatoms. The van der Waals surface area contributed by atoms with E-state index in [1.165, 1.54) is 5.56 Å². The minimum Gasteiger partial charge on any atom is -0.324 e. The lowest BCUT2D eigenvalue weighted by atomic mass is 10.1. The molecule has 0 atom stereocenters. The van der Waals surface area contributed by atoms with Crippen LogP contribution < -0.4 is 10.6 Å². The van der Waals surface area contributed by atoms with Gasteiger partial charge in [0, 0.05) is 22.6 Å². The number of nitrogens with one attached hydrogen (secondary N) is 2. The second kappa shape index (κ2) is 7.54. The summed E-state index contributed by atoms with van der Waals surface area (Å²) in [6, 6.07) is 12.8. The third-order valence-electron chi connectivity index (χ3n) is 4.18. The van der Waals surface area contributed by atoms with Crippen molar-refractivity contribution in [3.8, 4) is 0 Å². The number of nitrogens with zero attached hydrogens (tertiary/aromatic N) is 2. The number of hydrogen-bond donors (Lipinski definition) is 2. The van der Waals surface area contributed by atoms with Crippen LogP contribution in [0.3, 0.4) is 0 Å². The normalized spacial score (nSPS) is 10.5. The smallest absolute Gasteiger partial charge is 0.274 e. The first-order valence-corrected chi connectivity index (χ1v) is 8.55. The van der Waals surface area contributed by atoms with Crippen molar-refractivity contribution in [1.82, 2.24) is 9.97 Å². The molecule has 0 saturated heterocycles. The number of hydrogen-bond acceptors (Lipinski definition) is 4. The van der Waals surface area contributed by atoms with Crippen LogP contribution in [0, 0.1) is 20.8 Å². The van der Waals surface area contributed by atoms with Crippen LogP contribution in [0.25, 0.3) is 0 Å². The quantitative estimate of drug-likeness (QED) is 0.678. The van der Waals surface area contributed by atoms with E-state index in [-0.39, 0.29) is 11.6 Å². The Bertz CT molecular complexity index is 972. The molecular formula is C20H19ClN4O. The van der Waals surface area contributed by atoms with E-state index in [9.17, 15) is 4.79 Å². The van der Waals surface area contributed by atoms with Crippen molar-refractivity contribution in [3.05, 3.63) is 76.1 Å². The van der Waals surface area contributed by atoms with Gasteiger partial charge in [-0.3, -0.25) is 4.79 Å². The number of carbonyl (C=O) groups excluding carboxylic acids is 1. The topological polar surface area (TPSA) is 66.9 Å². The fraction of sp³-hybridized carbons (Fsp3) is 0.150. The van der Waals surface area contributed by atoms with Gasteiger partial charge in [-0.05, 0) is 67.8 Å². The monoisotopic (exact) mass is 366 g/mol. The van der Waals surface area contributed by atoms with Crippen LogP contribution >= 0.6 is 11.6 Å².